The molecule has 0 saturated carbocycles. The molecule has 1 aliphatic heterocycles. The summed E-state index contributed by atoms with van der Waals surface area (Å²) in [7, 11) is 0. The lowest BCUT2D eigenvalue weighted by molar-refractivity contribution is -0.750. The van der Waals surface area contributed by atoms with Crippen molar-refractivity contribution in [1.29, 1.82) is 0 Å². The summed E-state index contributed by atoms with van der Waals surface area (Å²) in [4.78, 5) is 0. The van der Waals surface area contributed by atoms with Gasteiger partial charge in [0.15, 0.2) is 0 Å². The molecule has 3 heteroatoms. The van der Waals surface area contributed by atoms with Crippen LogP contribution in [0.15, 0.2) is 85.3 Å². The minimum absolute atomic E-state index is 0.0200. The van der Waals surface area contributed by atoms with E-state index >= 15 is 0 Å². The molecule has 0 spiro atoms. The molecule has 6 aromatic rings. The molecule has 7 rings (SSSR count). The Morgan fingerprint density at radius 1 is 0.735 bits per heavy atom. The van der Waals surface area contributed by atoms with E-state index in [0.717, 1.165) is 12.8 Å². The summed E-state index contributed by atoms with van der Waals surface area (Å²) >= 11 is 0. The Labute approximate surface area is 199 Å². The lowest BCUT2D eigenvalue weighted by Gasteiger charge is -2.46. The van der Waals surface area contributed by atoms with Crippen molar-refractivity contribution >= 4 is 38.2 Å². The number of aromatic nitrogens is 3. The van der Waals surface area contributed by atoms with Gasteiger partial charge >= 0.3 is 0 Å². The van der Waals surface area contributed by atoms with Crippen molar-refractivity contribution in [3.05, 3.63) is 90.9 Å². The van der Waals surface area contributed by atoms with Crippen molar-refractivity contribution in [2.75, 3.05) is 0 Å². The van der Waals surface area contributed by atoms with Crippen LogP contribution in [-0.2, 0) is 11.0 Å². The number of rotatable bonds is 3. The van der Waals surface area contributed by atoms with Crippen LogP contribution in [0.1, 0.15) is 46.1 Å². The molecule has 168 valence electrons. The van der Waals surface area contributed by atoms with Crippen LogP contribution < -0.4 is 4.57 Å². The summed E-state index contributed by atoms with van der Waals surface area (Å²) in [5.74, 6) is 0. The van der Waals surface area contributed by atoms with Gasteiger partial charge in [0.05, 0.1) is 28.3 Å². The maximum absolute atomic E-state index is 2.56. The lowest BCUT2D eigenvalue weighted by Crippen LogP contribution is -2.65. The quantitative estimate of drug-likeness (QED) is 0.254. The monoisotopic (exact) mass is 444 g/mol. The molecule has 3 aromatic heterocycles. The molecule has 2 atom stereocenters. The molecule has 34 heavy (non-hydrogen) atoms. The lowest BCUT2D eigenvalue weighted by atomic mass is 9.62. The fourth-order valence-electron chi connectivity index (χ4n) is 6.87. The number of hydrogen-bond acceptors (Lipinski definition) is 0. The first kappa shape index (κ1) is 19.8. The minimum atomic E-state index is 0.0200. The highest BCUT2D eigenvalue weighted by atomic mass is 15.2. The Morgan fingerprint density at radius 3 is 2.06 bits per heavy atom. The summed E-state index contributed by atoms with van der Waals surface area (Å²) in [6, 6.07) is 24.7. The van der Waals surface area contributed by atoms with Crippen LogP contribution in [0, 0.1) is 0 Å². The number of para-hydroxylation sites is 2. The highest BCUT2D eigenvalue weighted by Gasteiger charge is 2.53. The van der Waals surface area contributed by atoms with Gasteiger partial charge in [0.1, 0.15) is 17.9 Å². The van der Waals surface area contributed by atoms with E-state index in [2.05, 4.69) is 127 Å². The molecule has 2 unspecified atom stereocenters. The first-order chi connectivity index (χ1) is 16.5. The fraction of sp³-hybridized carbons (Fsp3) is 0.258. The predicted molar refractivity (Wildman–Crippen MR) is 141 cm³/mol. The van der Waals surface area contributed by atoms with E-state index in [1.165, 1.54) is 49.5 Å². The Kier molecular flexibility index (Phi) is 3.80. The summed E-state index contributed by atoms with van der Waals surface area (Å²) in [6.45, 7) is 9.60. The molecule has 3 aromatic carbocycles. The Hall–Kier alpha value is -3.59. The van der Waals surface area contributed by atoms with Crippen LogP contribution in [0.4, 0.5) is 0 Å². The Morgan fingerprint density at radius 2 is 1.41 bits per heavy atom. The molecule has 3 nitrogen and oxygen atoms in total. The molecule has 0 bridgehead atoms. The van der Waals surface area contributed by atoms with Crippen molar-refractivity contribution in [3.63, 3.8) is 0 Å². The zero-order valence-corrected chi connectivity index (χ0v) is 20.3. The molecule has 0 amide bonds. The summed E-state index contributed by atoms with van der Waals surface area (Å²) in [6.07, 6.45) is 8.94. The zero-order valence-electron chi connectivity index (χ0n) is 20.3. The second kappa shape index (κ2) is 6.50. The van der Waals surface area contributed by atoms with Crippen LogP contribution in [0.2, 0.25) is 0 Å². The SMILES string of the molecule is CCC1(C)c2ccc(-n3c4ccccc4c4ccccc43)c3ccn4cc[n+](c4c23)C1(C)CC. The van der Waals surface area contributed by atoms with E-state index in [1.807, 2.05) is 0 Å². The molecule has 0 saturated heterocycles. The molecule has 0 aliphatic carbocycles. The number of benzene rings is 3. The van der Waals surface area contributed by atoms with Gasteiger partial charge in [0.25, 0.3) is 5.65 Å². The summed E-state index contributed by atoms with van der Waals surface area (Å²) in [5, 5.41) is 5.32. The molecular weight excluding hydrogens is 414 g/mol. The van der Waals surface area contributed by atoms with Gasteiger partial charge in [0, 0.05) is 21.6 Å². The Bertz CT molecular complexity index is 1720. The van der Waals surface area contributed by atoms with Gasteiger partial charge in [0.2, 0.25) is 0 Å². The van der Waals surface area contributed by atoms with E-state index in [9.17, 15) is 0 Å². The van der Waals surface area contributed by atoms with Crippen molar-refractivity contribution in [3.8, 4) is 5.69 Å². The second-order valence-corrected chi connectivity index (χ2v) is 10.3. The van der Waals surface area contributed by atoms with E-state index in [0.29, 0.717) is 0 Å². The van der Waals surface area contributed by atoms with Gasteiger partial charge in [-0.2, -0.15) is 0 Å². The van der Waals surface area contributed by atoms with Crippen LogP contribution >= 0.6 is 0 Å². The molecule has 1 aliphatic rings. The molecule has 0 radical (unpaired) electrons. The zero-order chi connectivity index (χ0) is 23.2. The smallest absolute Gasteiger partial charge is 0.295 e. The van der Waals surface area contributed by atoms with E-state index in [4.69, 9.17) is 0 Å². The number of imidazole rings is 1. The van der Waals surface area contributed by atoms with Gasteiger partial charge in [-0.1, -0.05) is 63.2 Å². The van der Waals surface area contributed by atoms with Crippen molar-refractivity contribution in [1.82, 2.24) is 8.97 Å². The number of nitrogens with zero attached hydrogens (tertiary/aromatic N) is 3. The van der Waals surface area contributed by atoms with Crippen LogP contribution in [0.25, 0.3) is 43.9 Å². The molecule has 4 heterocycles. The largest absolute Gasteiger partial charge is 0.309 e. The molecule has 0 N–H and O–H groups in total. The highest BCUT2D eigenvalue weighted by molar-refractivity contribution is 6.11. The highest BCUT2D eigenvalue weighted by Crippen LogP contribution is 2.50. The number of pyridine rings is 1. The average molecular weight is 445 g/mol. The van der Waals surface area contributed by atoms with E-state index < -0.39 is 0 Å². The van der Waals surface area contributed by atoms with Crippen LogP contribution in [0.5, 0.6) is 0 Å². The average Bonchev–Trinajstić information content (AvgIpc) is 3.47. The molecule has 0 fully saturated rings. The summed E-state index contributed by atoms with van der Waals surface area (Å²) < 4.78 is 7.33. The standard InChI is InChI=1S/C31H30N3/c1-5-30(3)24-15-16-27(34-25-13-9-7-11-21(25)22-12-8-10-14-26(22)34)23-17-18-32-19-20-33(29(32)28(23)24)31(30,4)6-2/h7-20H,5-6H2,1-4H3/q+1. The maximum Gasteiger partial charge on any atom is 0.295 e. The third-order valence-electron chi connectivity index (χ3n) is 9.23. The van der Waals surface area contributed by atoms with Crippen molar-refractivity contribution in [2.45, 2.75) is 51.5 Å². The van der Waals surface area contributed by atoms with Gasteiger partial charge in [-0.05, 0) is 49.6 Å². The third kappa shape index (κ3) is 2.12. The van der Waals surface area contributed by atoms with E-state index in [1.54, 1.807) is 0 Å². The summed E-state index contributed by atoms with van der Waals surface area (Å²) in [5.41, 5.74) is 6.62. The maximum atomic E-state index is 2.56. The van der Waals surface area contributed by atoms with Gasteiger partial charge in [-0.15, -0.1) is 0 Å². The minimum Gasteiger partial charge on any atom is -0.309 e. The van der Waals surface area contributed by atoms with Crippen molar-refractivity contribution < 1.29 is 4.57 Å². The van der Waals surface area contributed by atoms with Crippen molar-refractivity contribution in [2.24, 2.45) is 0 Å². The second-order valence-electron chi connectivity index (χ2n) is 10.3. The number of fused-ring (bicyclic) bond motifs is 3. The fourth-order valence-corrected chi connectivity index (χ4v) is 6.87. The first-order valence-electron chi connectivity index (χ1n) is 12.5. The van der Waals surface area contributed by atoms with Gasteiger partial charge in [-0.3, -0.25) is 0 Å². The first-order valence-corrected chi connectivity index (χ1v) is 12.5. The Balaban J connectivity index is 1.69. The van der Waals surface area contributed by atoms with Crippen LogP contribution in [-0.4, -0.2) is 8.97 Å². The normalized spacial score (nSPS) is 22.0. The van der Waals surface area contributed by atoms with E-state index in [-0.39, 0.29) is 11.0 Å². The molecular formula is C31H30N3+. The topological polar surface area (TPSA) is 13.2 Å². The third-order valence-corrected chi connectivity index (χ3v) is 9.23. The number of hydrogen-bond donors (Lipinski definition) is 0. The van der Waals surface area contributed by atoms with Crippen LogP contribution in [0.3, 0.4) is 0 Å². The van der Waals surface area contributed by atoms with Gasteiger partial charge < -0.3 is 4.57 Å². The predicted octanol–water partition coefficient (Wildman–Crippen LogP) is 7.28. The van der Waals surface area contributed by atoms with Gasteiger partial charge in [-0.25, -0.2) is 8.97 Å².